The van der Waals surface area contributed by atoms with Gasteiger partial charge in [0.1, 0.15) is 12.6 Å². The Hall–Kier alpha value is -4.43. The second kappa shape index (κ2) is 15.0. The van der Waals surface area contributed by atoms with E-state index in [1.165, 1.54) is 0 Å². The van der Waals surface area contributed by atoms with E-state index in [1.54, 1.807) is 0 Å². The Labute approximate surface area is 222 Å². The van der Waals surface area contributed by atoms with Crippen LogP contribution in [0.15, 0.2) is 103 Å². The van der Waals surface area contributed by atoms with E-state index in [-0.39, 0.29) is 13.0 Å². The number of carbonyl (C=O) groups excluding carboxylic acids is 2. The van der Waals surface area contributed by atoms with E-state index in [9.17, 15) is 19.5 Å². The molecule has 3 atom stereocenters. The molecule has 0 saturated carbocycles. The molecule has 198 valence electrons. The molecule has 3 aromatic rings. The van der Waals surface area contributed by atoms with Crippen molar-refractivity contribution in [2.24, 2.45) is 0 Å². The lowest BCUT2D eigenvalue weighted by molar-refractivity contribution is -0.131. The SMILES string of the molecule is O=C(O)/C=C/[C@@H](O)[C@H](CCc1ccccc1)NC(=O)C(Cc1ccccc1)NC(=O)OCc1ccccc1. The fraction of sp³-hybridized carbons (Fsp3) is 0.233. The highest BCUT2D eigenvalue weighted by Gasteiger charge is 2.27. The van der Waals surface area contributed by atoms with Gasteiger partial charge in [-0.2, -0.15) is 0 Å². The smallest absolute Gasteiger partial charge is 0.408 e. The number of carboxylic acids is 1. The van der Waals surface area contributed by atoms with E-state index in [0.29, 0.717) is 12.8 Å². The van der Waals surface area contributed by atoms with Crippen LogP contribution in [-0.2, 0) is 33.8 Å². The number of ether oxygens (including phenoxy) is 1. The highest BCUT2D eigenvalue weighted by molar-refractivity contribution is 5.86. The number of aliphatic carboxylic acids is 1. The van der Waals surface area contributed by atoms with Crippen molar-refractivity contribution < 1.29 is 29.3 Å². The molecule has 2 amide bonds. The van der Waals surface area contributed by atoms with E-state index in [0.717, 1.165) is 28.8 Å². The molecule has 0 aromatic heterocycles. The number of carbonyl (C=O) groups is 3. The zero-order chi connectivity index (χ0) is 27.2. The molecule has 0 aliphatic carbocycles. The van der Waals surface area contributed by atoms with Gasteiger partial charge in [-0.25, -0.2) is 9.59 Å². The minimum atomic E-state index is -1.25. The number of aliphatic hydroxyl groups is 1. The van der Waals surface area contributed by atoms with E-state index in [4.69, 9.17) is 9.84 Å². The zero-order valence-electron chi connectivity index (χ0n) is 20.9. The molecule has 4 N–H and O–H groups in total. The summed E-state index contributed by atoms with van der Waals surface area (Å²) in [5.41, 5.74) is 2.63. The average Bonchev–Trinajstić information content (AvgIpc) is 2.94. The normalized spacial score (nSPS) is 13.3. The van der Waals surface area contributed by atoms with Crippen LogP contribution in [0.4, 0.5) is 4.79 Å². The van der Waals surface area contributed by atoms with Crippen molar-refractivity contribution in [3.8, 4) is 0 Å². The summed E-state index contributed by atoms with van der Waals surface area (Å²) in [5, 5.41) is 25.1. The summed E-state index contributed by atoms with van der Waals surface area (Å²) in [6.07, 6.45) is 1.05. The predicted octanol–water partition coefficient (Wildman–Crippen LogP) is 3.64. The molecule has 0 heterocycles. The van der Waals surface area contributed by atoms with Gasteiger partial charge in [0.05, 0.1) is 12.1 Å². The number of benzene rings is 3. The third-order valence-corrected chi connectivity index (χ3v) is 5.87. The fourth-order valence-corrected chi connectivity index (χ4v) is 3.86. The first-order chi connectivity index (χ1) is 18.4. The molecule has 0 spiro atoms. The van der Waals surface area contributed by atoms with E-state index < -0.39 is 36.2 Å². The summed E-state index contributed by atoms with van der Waals surface area (Å²) in [5.74, 6) is -1.73. The van der Waals surface area contributed by atoms with Gasteiger partial charge in [-0.3, -0.25) is 4.79 Å². The van der Waals surface area contributed by atoms with Crippen LogP contribution in [0, 0.1) is 0 Å². The molecule has 0 aliphatic heterocycles. The molecular formula is C30H32N2O6. The topological polar surface area (TPSA) is 125 Å². The third kappa shape index (κ3) is 9.91. The summed E-state index contributed by atoms with van der Waals surface area (Å²) in [6, 6.07) is 26.1. The first-order valence-corrected chi connectivity index (χ1v) is 12.4. The van der Waals surface area contributed by atoms with Gasteiger partial charge in [0.2, 0.25) is 5.91 Å². The molecule has 1 unspecified atom stereocenters. The number of nitrogens with one attached hydrogen (secondary N) is 2. The molecule has 0 saturated heterocycles. The molecule has 3 rings (SSSR count). The van der Waals surface area contributed by atoms with Crippen molar-refractivity contribution in [3.63, 3.8) is 0 Å². The predicted molar refractivity (Wildman–Crippen MR) is 143 cm³/mol. The number of hydrogen-bond donors (Lipinski definition) is 4. The van der Waals surface area contributed by atoms with Crippen LogP contribution in [-0.4, -0.2) is 46.4 Å². The first kappa shape index (κ1) is 28.1. The van der Waals surface area contributed by atoms with Crippen molar-refractivity contribution in [2.45, 2.75) is 44.1 Å². The molecule has 0 aliphatic rings. The van der Waals surface area contributed by atoms with Gasteiger partial charge in [0.25, 0.3) is 0 Å². The number of rotatable bonds is 13. The summed E-state index contributed by atoms with van der Waals surface area (Å²) in [7, 11) is 0. The van der Waals surface area contributed by atoms with Gasteiger partial charge in [0.15, 0.2) is 0 Å². The number of carboxylic acid groups (broad SMARTS) is 1. The minimum Gasteiger partial charge on any atom is -0.478 e. The second-order valence-electron chi connectivity index (χ2n) is 8.78. The lowest BCUT2D eigenvalue weighted by atomic mass is 9.99. The van der Waals surface area contributed by atoms with Crippen LogP contribution in [0.25, 0.3) is 0 Å². The van der Waals surface area contributed by atoms with E-state index in [2.05, 4.69) is 10.6 Å². The number of amides is 2. The van der Waals surface area contributed by atoms with Gasteiger partial charge in [-0.1, -0.05) is 91.0 Å². The largest absolute Gasteiger partial charge is 0.478 e. The van der Waals surface area contributed by atoms with Crippen LogP contribution in [0.2, 0.25) is 0 Å². The van der Waals surface area contributed by atoms with Crippen LogP contribution in [0.1, 0.15) is 23.1 Å². The second-order valence-corrected chi connectivity index (χ2v) is 8.78. The first-order valence-electron chi connectivity index (χ1n) is 12.4. The third-order valence-electron chi connectivity index (χ3n) is 5.87. The van der Waals surface area contributed by atoms with Gasteiger partial charge in [-0.15, -0.1) is 0 Å². The minimum absolute atomic E-state index is 0.0464. The standard InChI is InChI=1S/C30H32N2O6/c33-27(18-19-28(34)35)25(17-16-22-10-4-1-5-11-22)31-29(36)26(20-23-12-6-2-7-13-23)32-30(37)38-21-24-14-8-3-9-15-24/h1-15,18-19,25-27,33H,16-17,20-21H2,(H,31,36)(H,32,37)(H,34,35)/b19-18+/t25-,26?,27+/m0/s1. The Kier molecular flexibility index (Phi) is 11.1. The maximum atomic E-state index is 13.4. The van der Waals surface area contributed by atoms with Crippen LogP contribution < -0.4 is 10.6 Å². The van der Waals surface area contributed by atoms with Crippen LogP contribution in [0.3, 0.4) is 0 Å². The molecule has 0 bridgehead atoms. The molecule has 8 heteroatoms. The quantitative estimate of drug-likeness (QED) is 0.257. The van der Waals surface area contributed by atoms with Gasteiger partial charge >= 0.3 is 12.1 Å². The highest BCUT2D eigenvalue weighted by Crippen LogP contribution is 2.11. The van der Waals surface area contributed by atoms with Crippen molar-refractivity contribution in [1.82, 2.24) is 10.6 Å². The monoisotopic (exact) mass is 516 g/mol. The van der Waals surface area contributed by atoms with Crippen molar-refractivity contribution in [2.75, 3.05) is 0 Å². The molecular weight excluding hydrogens is 484 g/mol. The summed E-state index contributed by atoms with van der Waals surface area (Å²) < 4.78 is 5.31. The highest BCUT2D eigenvalue weighted by atomic mass is 16.5. The Morgan fingerprint density at radius 2 is 1.34 bits per heavy atom. The van der Waals surface area contributed by atoms with Crippen LogP contribution >= 0.6 is 0 Å². The van der Waals surface area contributed by atoms with Gasteiger partial charge in [-0.05, 0) is 35.6 Å². The number of aryl methyl sites for hydroxylation is 1. The van der Waals surface area contributed by atoms with Gasteiger partial charge < -0.3 is 25.6 Å². The van der Waals surface area contributed by atoms with Crippen LogP contribution in [0.5, 0.6) is 0 Å². The van der Waals surface area contributed by atoms with E-state index in [1.807, 2.05) is 91.0 Å². The lowest BCUT2D eigenvalue weighted by Crippen LogP contribution is -2.53. The van der Waals surface area contributed by atoms with E-state index >= 15 is 0 Å². The maximum Gasteiger partial charge on any atom is 0.408 e. The van der Waals surface area contributed by atoms with Crippen molar-refractivity contribution in [3.05, 3.63) is 120 Å². The Balaban J connectivity index is 1.72. The molecule has 3 aromatic carbocycles. The molecule has 38 heavy (non-hydrogen) atoms. The number of aliphatic hydroxyl groups excluding tert-OH is 1. The Morgan fingerprint density at radius 1 is 0.789 bits per heavy atom. The Bertz CT molecular complexity index is 1190. The number of hydrogen-bond acceptors (Lipinski definition) is 5. The van der Waals surface area contributed by atoms with Crippen molar-refractivity contribution >= 4 is 18.0 Å². The summed E-state index contributed by atoms with van der Waals surface area (Å²) in [6.45, 7) is 0.0464. The molecule has 0 fully saturated rings. The fourth-order valence-electron chi connectivity index (χ4n) is 3.86. The maximum absolute atomic E-state index is 13.4. The summed E-state index contributed by atoms with van der Waals surface area (Å²) >= 11 is 0. The van der Waals surface area contributed by atoms with Crippen molar-refractivity contribution in [1.29, 1.82) is 0 Å². The van der Waals surface area contributed by atoms with Gasteiger partial charge in [0, 0.05) is 12.5 Å². The molecule has 0 radical (unpaired) electrons. The zero-order valence-corrected chi connectivity index (χ0v) is 20.9. The average molecular weight is 517 g/mol. The number of alkyl carbamates (subject to hydrolysis) is 1. The lowest BCUT2D eigenvalue weighted by Gasteiger charge is -2.26. The Morgan fingerprint density at radius 3 is 1.92 bits per heavy atom. The molecule has 8 nitrogen and oxygen atoms in total. The summed E-state index contributed by atoms with van der Waals surface area (Å²) in [4.78, 5) is 37.0.